The molecule has 2 aromatic rings. The Morgan fingerprint density at radius 2 is 2.09 bits per heavy atom. The van der Waals surface area contributed by atoms with Crippen LogP contribution in [0.3, 0.4) is 0 Å². The molecule has 0 atom stereocenters. The number of hydrogen-bond acceptors (Lipinski definition) is 5. The monoisotopic (exact) mass is 301 g/mol. The number of nitrogens with zero attached hydrogens (tertiary/aromatic N) is 3. The molecule has 0 bridgehead atoms. The molecule has 0 spiro atoms. The van der Waals surface area contributed by atoms with Crippen molar-refractivity contribution in [1.29, 1.82) is 0 Å². The summed E-state index contributed by atoms with van der Waals surface area (Å²) in [4.78, 5) is 4.14. The Balaban J connectivity index is 1.64. The van der Waals surface area contributed by atoms with Crippen molar-refractivity contribution in [2.24, 2.45) is 12.5 Å². The summed E-state index contributed by atoms with van der Waals surface area (Å²) in [6.07, 6.45) is 1.51. The Labute approximate surface area is 130 Å². The molecule has 0 radical (unpaired) electrons. The minimum atomic E-state index is -0.327. The fourth-order valence-corrected chi connectivity index (χ4v) is 2.23. The normalized spacial score (nSPS) is 17.5. The number of aromatic nitrogens is 3. The largest absolute Gasteiger partial charge is 0.494 e. The predicted molar refractivity (Wildman–Crippen MR) is 82.9 cm³/mol. The van der Waals surface area contributed by atoms with E-state index in [-0.39, 0.29) is 12.5 Å². The van der Waals surface area contributed by atoms with Crippen molar-refractivity contribution in [3.8, 4) is 5.75 Å². The van der Waals surface area contributed by atoms with Crippen LogP contribution in [0.25, 0.3) is 0 Å². The van der Waals surface area contributed by atoms with E-state index in [1.54, 1.807) is 4.68 Å². The molecule has 1 aliphatic heterocycles. The molecule has 116 valence electrons. The van der Waals surface area contributed by atoms with E-state index in [2.05, 4.69) is 23.9 Å². The van der Waals surface area contributed by atoms with Crippen LogP contribution in [0.2, 0.25) is 0 Å². The third-order valence-corrected chi connectivity index (χ3v) is 3.55. The molecular weight excluding hydrogens is 281 g/mol. The molecule has 1 fully saturated rings. The van der Waals surface area contributed by atoms with Crippen molar-refractivity contribution in [3.63, 3.8) is 0 Å². The predicted octanol–water partition coefficient (Wildman–Crippen LogP) is 1.16. The molecule has 3 rings (SSSR count). The lowest BCUT2D eigenvalue weighted by Crippen LogP contribution is -2.47. The maximum Gasteiger partial charge on any atom is 0.494 e. The second-order valence-electron chi connectivity index (χ2n) is 6.28. The van der Waals surface area contributed by atoms with Crippen molar-refractivity contribution < 1.29 is 14.0 Å². The first-order chi connectivity index (χ1) is 10.5. The summed E-state index contributed by atoms with van der Waals surface area (Å²) in [6, 6.07) is 7.78. The van der Waals surface area contributed by atoms with E-state index < -0.39 is 0 Å². The summed E-state index contributed by atoms with van der Waals surface area (Å²) in [6.45, 7) is 6.00. The van der Waals surface area contributed by atoms with Gasteiger partial charge in [-0.15, -0.1) is 0 Å². The van der Waals surface area contributed by atoms with E-state index in [0.29, 0.717) is 19.8 Å². The van der Waals surface area contributed by atoms with E-state index in [0.717, 1.165) is 17.0 Å². The van der Waals surface area contributed by atoms with Gasteiger partial charge in [-0.3, -0.25) is 4.68 Å². The Bertz CT molecular complexity index is 634. The van der Waals surface area contributed by atoms with Gasteiger partial charge in [0, 0.05) is 25.7 Å². The Kier molecular flexibility index (Phi) is 4.17. The number of hydrogen-bond donors (Lipinski definition) is 0. The van der Waals surface area contributed by atoms with Crippen LogP contribution in [0.1, 0.15) is 19.7 Å². The van der Waals surface area contributed by atoms with Crippen molar-refractivity contribution in [2.75, 3.05) is 13.2 Å². The van der Waals surface area contributed by atoms with E-state index in [4.69, 9.17) is 14.0 Å². The van der Waals surface area contributed by atoms with Crippen LogP contribution in [0.15, 0.2) is 30.6 Å². The highest BCUT2D eigenvalue weighted by Crippen LogP contribution is 2.22. The van der Waals surface area contributed by atoms with Gasteiger partial charge in [0.25, 0.3) is 0 Å². The summed E-state index contributed by atoms with van der Waals surface area (Å²) in [5, 5.41) is 4.02. The highest BCUT2D eigenvalue weighted by atomic mass is 16.6. The van der Waals surface area contributed by atoms with Crippen LogP contribution in [0.5, 0.6) is 5.75 Å². The van der Waals surface area contributed by atoms with Crippen LogP contribution in [-0.4, -0.2) is 35.1 Å². The van der Waals surface area contributed by atoms with Gasteiger partial charge < -0.3 is 14.0 Å². The highest BCUT2D eigenvalue weighted by Gasteiger charge is 2.33. The zero-order chi connectivity index (χ0) is 15.6. The lowest BCUT2D eigenvalue weighted by atomic mass is 9.76. The Hall–Kier alpha value is -1.86. The summed E-state index contributed by atoms with van der Waals surface area (Å²) >= 11 is 0. The van der Waals surface area contributed by atoms with Gasteiger partial charge in [0.05, 0.1) is 0 Å². The summed E-state index contributed by atoms with van der Waals surface area (Å²) in [7, 11) is 1.51. The number of ether oxygens (including phenoxy) is 1. The van der Waals surface area contributed by atoms with Crippen LogP contribution in [0.4, 0.5) is 0 Å². The van der Waals surface area contributed by atoms with E-state index in [9.17, 15) is 0 Å². The standard InChI is InChI=1S/C15H20BN3O3/c1-15(2)9-21-16(22-10-15)12-5-4-6-13(7-12)20-8-14-17-11-18-19(14)3/h4-7,11H,8-10H2,1-3H3. The molecule has 1 aliphatic rings. The average Bonchev–Trinajstić information content (AvgIpc) is 2.91. The van der Waals surface area contributed by atoms with Crippen molar-refractivity contribution >= 4 is 12.6 Å². The van der Waals surface area contributed by atoms with Gasteiger partial charge in [-0.2, -0.15) is 5.10 Å². The van der Waals surface area contributed by atoms with E-state index >= 15 is 0 Å². The summed E-state index contributed by atoms with van der Waals surface area (Å²) < 4.78 is 19.1. The maximum absolute atomic E-state index is 5.80. The first-order valence-electron chi connectivity index (χ1n) is 7.32. The van der Waals surface area contributed by atoms with Gasteiger partial charge in [-0.25, -0.2) is 4.98 Å². The smallest absolute Gasteiger partial charge is 0.486 e. The van der Waals surface area contributed by atoms with Crippen molar-refractivity contribution in [3.05, 3.63) is 36.4 Å². The van der Waals surface area contributed by atoms with E-state index in [1.165, 1.54) is 6.33 Å². The van der Waals surface area contributed by atoms with Gasteiger partial charge >= 0.3 is 7.12 Å². The minimum absolute atomic E-state index is 0.0653. The van der Waals surface area contributed by atoms with Crippen molar-refractivity contribution in [2.45, 2.75) is 20.5 Å². The van der Waals surface area contributed by atoms with Gasteiger partial charge in [0.2, 0.25) is 0 Å². The Morgan fingerprint density at radius 3 is 2.77 bits per heavy atom. The second-order valence-corrected chi connectivity index (χ2v) is 6.28. The van der Waals surface area contributed by atoms with Gasteiger partial charge in [0.15, 0.2) is 5.82 Å². The fraction of sp³-hybridized carbons (Fsp3) is 0.467. The summed E-state index contributed by atoms with van der Waals surface area (Å²) in [5.74, 6) is 1.54. The van der Waals surface area contributed by atoms with Crippen molar-refractivity contribution in [1.82, 2.24) is 14.8 Å². The molecule has 0 aliphatic carbocycles. The topological polar surface area (TPSA) is 58.4 Å². The van der Waals surface area contributed by atoms with Crippen LogP contribution < -0.4 is 10.2 Å². The molecule has 1 aromatic carbocycles. The fourth-order valence-electron chi connectivity index (χ4n) is 2.23. The zero-order valence-corrected chi connectivity index (χ0v) is 13.2. The molecule has 0 N–H and O–H groups in total. The lowest BCUT2D eigenvalue weighted by molar-refractivity contribution is 0.0343. The molecule has 22 heavy (non-hydrogen) atoms. The quantitative estimate of drug-likeness (QED) is 0.793. The molecule has 1 saturated heterocycles. The minimum Gasteiger partial charge on any atom is -0.486 e. The van der Waals surface area contributed by atoms with Crippen LogP contribution in [0, 0.1) is 5.41 Å². The first kappa shape index (κ1) is 15.1. The molecule has 7 heteroatoms. The molecule has 6 nitrogen and oxygen atoms in total. The molecular formula is C15H20BN3O3. The van der Waals surface area contributed by atoms with Gasteiger partial charge in [0.1, 0.15) is 18.7 Å². The second kappa shape index (κ2) is 6.10. The number of aryl methyl sites for hydroxylation is 1. The van der Waals surface area contributed by atoms with Gasteiger partial charge in [-0.1, -0.05) is 26.0 Å². The van der Waals surface area contributed by atoms with Gasteiger partial charge in [-0.05, 0) is 17.6 Å². The molecule has 0 saturated carbocycles. The maximum atomic E-state index is 5.80. The molecule has 0 unspecified atom stereocenters. The highest BCUT2D eigenvalue weighted by molar-refractivity contribution is 6.61. The third-order valence-electron chi connectivity index (χ3n) is 3.55. The third kappa shape index (κ3) is 3.48. The average molecular weight is 301 g/mol. The molecule has 0 amide bonds. The number of rotatable bonds is 4. The Morgan fingerprint density at radius 1 is 1.32 bits per heavy atom. The molecule has 2 heterocycles. The first-order valence-corrected chi connectivity index (χ1v) is 7.32. The lowest BCUT2D eigenvalue weighted by Gasteiger charge is -2.33. The number of benzene rings is 1. The summed E-state index contributed by atoms with van der Waals surface area (Å²) in [5.41, 5.74) is 1.03. The van der Waals surface area contributed by atoms with Crippen LogP contribution in [-0.2, 0) is 23.0 Å². The van der Waals surface area contributed by atoms with E-state index in [1.807, 2.05) is 31.3 Å². The SMILES string of the molecule is Cn1ncnc1COc1cccc(B2OCC(C)(C)CO2)c1. The zero-order valence-electron chi connectivity index (χ0n) is 13.2. The van der Waals surface area contributed by atoms with Crippen LogP contribution >= 0.6 is 0 Å². The molecule has 1 aromatic heterocycles.